The van der Waals surface area contributed by atoms with E-state index < -0.39 is 5.97 Å². The summed E-state index contributed by atoms with van der Waals surface area (Å²) in [5.74, 6) is 0.752. The van der Waals surface area contributed by atoms with Crippen molar-refractivity contribution in [2.24, 2.45) is 0 Å². The van der Waals surface area contributed by atoms with E-state index in [1.165, 1.54) is 128 Å². The standard InChI is InChI=1S/2C19H21FN6OS.C15H24BN3O2.C9H12BrN3.3C3H6O2.C2H4O2.4CH4/c2*1-2-21-18(27)25-19-24-15-8-13(14(20)9-16(15)28-19)12-10-22-17(23-11-12)26-6-4-3-5-7-26;1-14(2)15(3,4)21-16(20-14)12-10-17-13(18-11-12)19-8-6-5-7-9-19;10-8-6-11-9(12-7-8)13-4-2-1-3-5-13;3*1-3(4)5-2;1-2(3)4;;;;/h2*8-11H,2-7H2,1H3,(H2,21,24,25,27);10-11H,5-9H2,1-4H3;6-7H,1-5H2;3*1-2H3;1H3,(H,3,4);4*1H4. The second kappa shape index (κ2) is 50.6. The molecule has 0 saturated carbocycles. The number of anilines is 6. The highest BCUT2D eigenvalue weighted by Gasteiger charge is 2.52. The summed E-state index contributed by atoms with van der Waals surface area (Å²) in [6, 6.07) is 5.55. The smallest absolute Gasteiger partial charge is 0.481 e. The molecule has 5 aliphatic rings. The number of carboxylic acid groups (broad SMARTS) is 1. The number of aromatic nitrogens is 10. The Balaban J connectivity index is 0.000000478. The monoisotopic (exact) mass is 1680 g/mol. The van der Waals surface area contributed by atoms with Gasteiger partial charge >= 0.3 is 37.1 Å². The molecule has 5 aliphatic heterocycles. The van der Waals surface area contributed by atoms with E-state index in [1.54, 1.807) is 49.3 Å². The van der Waals surface area contributed by atoms with Crippen molar-refractivity contribution in [3.05, 3.63) is 89.9 Å². The number of carbonyl (C=O) groups is 6. The highest BCUT2D eigenvalue weighted by atomic mass is 79.9. The molecule has 5 fully saturated rings. The average Bonchev–Trinajstić information content (AvgIpc) is 1.67. The minimum atomic E-state index is -0.833. The minimum absolute atomic E-state index is 0. The van der Waals surface area contributed by atoms with Crippen molar-refractivity contribution in [2.75, 3.05) is 117 Å². The Hall–Kier alpha value is -9.52. The van der Waals surface area contributed by atoms with Crippen molar-refractivity contribution in [2.45, 2.75) is 187 Å². The zero-order valence-electron chi connectivity index (χ0n) is 64.2. The van der Waals surface area contributed by atoms with Crippen LogP contribution < -0.4 is 46.3 Å². The lowest BCUT2D eigenvalue weighted by Crippen LogP contribution is -2.41. The number of hydrogen-bond donors (Lipinski definition) is 5. The molecule has 4 amide bonds. The second-order valence-electron chi connectivity index (χ2n) is 26.1. The first-order valence-electron chi connectivity index (χ1n) is 36.0. The molecular weight excluding hydrogens is 1560 g/mol. The van der Waals surface area contributed by atoms with Gasteiger partial charge in [0.05, 0.1) is 57.4 Å². The summed E-state index contributed by atoms with van der Waals surface area (Å²) in [5.41, 5.74) is 3.46. The van der Waals surface area contributed by atoms with Crippen LogP contribution in [0.15, 0.2) is 78.3 Å². The van der Waals surface area contributed by atoms with E-state index in [0.717, 1.165) is 107 Å². The zero-order valence-corrected chi connectivity index (χ0v) is 67.4. The van der Waals surface area contributed by atoms with Crippen LogP contribution in [-0.2, 0) is 42.7 Å². The number of fused-ring (bicyclic) bond motifs is 2. The number of hydrogen-bond acceptors (Lipinski definition) is 27. The Bertz CT molecular complexity index is 3960. The van der Waals surface area contributed by atoms with E-state index in [9.17, 15) is 32.8 Å². The van der Waals surface area contributed by atoms with Gasteiger partial charge in [0, 0.05) is 170 Å². The Labute approximate surface area is 680 Å². The maximum absolute atomic E-state index is 14.7. The quantitative estimate of drug-likeness (QED) is 0.0456. The fourth-order valence-corrected chi connectivity index (χ4v) is 12.7. The largest absolute Gasteiger partial charge is 0.498 e. The van der Waals surface area contributed by atoms with Gasteiger partial charge in [-0.25, -0.2) is 68.2 Å². The molecule has 5 saturated heterocycles. The van der Waals surface area contributed by atoms with Crippen molar-refractivity contribution in [3.63, 3.8) is 0 Å². The molecule has 30 nitrogen and oxygen atoms in total. The lowest BCUT2D eigenvalue weighted by Gasteiger charge is -2.32. The summed E-state index contributed by atoms with van der Waals surface area (Å²) in [4.78, 5) is 114. The van der Waals surface area contributed by atoms with Gasteiger partial charge in [-0.3, -0.25) is 29.8 Å². The molecular formula is C77H116BBrF2N18O12S2. The molecule has 0 bridgehead atoms. The van der Waals surface area contributed by atoms with Gasteiger partial charge in [-0.2, -0.15) is 0 Å². The number of methoxy groups -OCH3 is 3. The van der Waals surface area contributed by atoms with Crippen LogP contribution in [0.5, 0.6) is 0 Å². The number of nitrogens with zero attached hydrogens (tertiary/aromatic N) is 14. The molecule has 0 radical (unpaired) electrons. The van der Waals surface area contributed by atoms with Crippen LogP contribution >= 0.6 is 38.6 Å². The molecule has 13 rings (SSSR count). The molecule has 8 aromatic rings. The van der Waals surface area contributed by atoms with E-state index in [4.69, 9.17) is 19.2 Å². The summed E-state index contributed by atoms with van der Waals surface area (Å²) in [7, 11) is 3.66. The van der Waals surface area contributed by atoms with Crippen molar-refractivity contribution in [1.82, 2.24) is 60.5 Å². The van der Waals surface area contributed by atoms with Gasteiger partial charge in [-0.05, 0) is 159 Å². The van der Waals surface area contributed by atoms with Gasteiger partial charge in [0.25, 0.3) is 5.97 Å². The second-order valence-corrected chi connectivity index (χ2v) is 29.0. The molecule has 5 N–H and O–H groups in total. The van der Waals surface area contributed by atoms with Gasteiger partial charge in [0.15, 0.2) is 10.3 Å². The van der Waals surface area contributed by atoms with Crippen molar-refractivity contribution in [1.29, 1.82) is 0 Å². The van der Waals surface area contributed by atoms with Gasteiger partial charge in [0.2, 0.25) is 23.8 Å². The number of benzene rings is 2. The van der Waals surface area contributed by atoms with Crippen LogP contribution in [-0.4, -0.2) is 196 Å². The molecule has 36 heteroatoms. The number of thiazole rings is 2. The predicted molar refractivity (Wildman–Crippen MR) is 452 cm³/mol. The van der Waals surface area contributed by atoms with E-state index in [0.29, 0.717) is 77.9 Å². The summed E-state index contributed by atoms with van der Waals surface area (Å²) >= 11 is 5.79. The SMILES string of the molecule is Brc1cnc(N2CCCCC2)nc1.C.C.C.C.CC(=O)O.CC1(C)OB(c2cnc(N3CCCCC3)nc2)OC1(C)C.CCNC(=O)Nc1nc2cc(-c3cnc(N4CCCCC4)nc3)c(F)cc2s1.CCNC(=O)Nc1nc2cc(-c3cnc(N4CCCCC4)nc3)c(F)cc2s1.COC(C)=O.COC(C)=O.COC(C)=O. The normalized spacial score (nSPS) is 14.7. The molecule has 11 heterocycles. The van der Waals surface area contributed by atoms with Crippen LogP contribution in [0.25, 0.3) is 42.7 Å². The molecule has 113 heavy (non-hydrogen) atoms. The van der Waals surface area contributed by atoms with Gasteiger partial charge in [-0.15, -0.1) is 0 Å². The van der Waals surface area contributed by atoms with Crippen LogP contribution in [0, 0.1) is 11.6 Å². The first-order chi connectivity index (χ1) is 52.1. The lowest BCUT2D eigenvalue weighted by atomic mass is 9.81. The van der Waals surface area contributed by atoms with Gasteiger partial charge in [0.1, 0.15) is 11.6 Å². The lowest BCUT2D eigenvalue weighted by molar-refractivity contribution is -0.138. The Morgan fingerprint density at radius 3 is 0.991 bits per heavy atom. The molecule has 0 spiro atoms. The number of urea groups is 2. The number of carbonyl (C=O) groups excluding carboxylic acids is 5. The van der Waals surface area contributed by atoms with Crippen LogP contribution in [0.4, 0.5) is 52.4 Å². The fourth-order valence-electron chi connectivity index (χ4n) is 10.7. The number of carboxylic acids is 1. The Morgan fingerprint density at radius 1 is 0.478 bits per heavy atom. The first kappa shape index (κ1) is 99.6. The Kier molecular flexibility index (Phi) is 44.5. The number of ether oxygens (including phenoxy) is 3. The summed E-state index contributed by atoms with van der Waals surface area (Å²) < 4.78 is 56.0. The topological polar surface area (TPSA) is 359 Å². The molecule has 2 aromatic carbocycles. The van der Waals surface area contributed by atoms with Crippen LogP contribution in [0.2, 0.25) is 0 Å². The molecule has 0 atom stereocenters. The van der Waals surface area contributed by atoms with Gasteiger partial charge < -0.3 is 58.9 Å². The number of halogens is 3. The number of rotatable bonds is 11. The number of aliphatic carboxylic acids is 1. The maximum atomic E-state index is 14.7. The number of nitrogens with one attached hydrogen (secondary N) is 4. The van der Waals surface area contributed by atoms with E-state index >= 15 is 0 Å². The molecule has 6 aromatic heterocycles. The summed E-state index contributed by atoms with van der Waals surface area (Å²) in [5, 5.41) is 18.9. The van der Waals surface area contributed by atoms with E-state index in [2.05, 4.69) is 149 Å². The molecule has 0 unspecified atom stereocenters. The van der Waals surface area contributed by atoms with Crippen LogP contribution in [0.3, 0.4) is 0 Å². The van der Waals surface area contributed by atoms with E-state index in [1.807, 2.05) is 26.2 Å². The van der Waals surface area contributed by atoms with Crippen molar-refractivity contribution >= 4 is 142 Å². The maximum Gasteiger partial charge on any atom is 0.498 e. The van der Waals surface area contributed by atoms with Crippen LogP contribution in [0.1, 0.15) is 176 Å². The third-order valence-electron chi connectivity index (χ3n) is 17.2. The first-order valence-corrected chi connectivity index (χ1v) is 38.4. The van der Waals surface area contributed by atoms with Crippen molar-refractivity contribution < 1.29 is 66.2 Å². The third kappa shape index (κ3) is 32.9. The summed E-state index contributed by atoms with van der Waals surface area (Å²) in [6.45, 7) is 26.2. The van der Waals surface area contributed by atoms with Gasteiger partial charge in [-0.1, -0.05) is 52.4 Å². The number of esters is 3. The highest BCUT2D eigenvalue weighted by Crippen LogP contribution is 2.38. The average molecular weight is 1680 g/mol. The fraction of sp³-hybridized carbons (Fsp3) is 0.532. The Morgan fingerprint density at radius 2 is 0.735 bits per heavy atom. The van der Waals surface area contributed by atoms with Crippen molar-refractivity contribution in [3.8, 4) is 22.3 Å². The highest BCUT2D eigenvalue weighted by molar-refractivity contribution is 9.10. The summed E-state index contributed by atoms with van der Waals surface area (Å²) in [6.07, 6.45) is 28.6. The third-order valence-corrected chi connectivity index (χ3v) is 19.5. The minimum Gasteiger partial charge on any atom is -0.481 e. The predicted octanol–water partition coefficient (Wildman–Crippen LogP) is 15.2. The van der Waals surface area contributed by atoms with E-state index in [-0.39, 0.29) is 89.6 Å². The molecule has 622 valence electrons. The zero-order chi connectivity index (χ0) is 79.6. The molecule has 0 aliphatic carbocycles. The number of piperidine rings is 4. The number of amides is 4.